The Labute approximate surface area is 291 Å². The highest BCUT2D eigenvalue weighted by atomic mass is 35.5. The first kappa shape index (κ1) is 34.1. The summed E-state index contributed by atoms with van der Waals surface area (Å²) in [6.45, 7) is 2.76. The first-order valence-electron chi connectivity index (χ1n) is 16.6. The third-order valence-corrected chi connectivity index (χ3v) is 9.33. The van der Waals surface area contributed by atoms with Gasteiger partial charge < -0.3 is 34.3 Å². The van der Waals surface area contributed by atoms with Crippen LogP contribution in [0.5, 0.6) is 23.0 Å². The number of benzene rings is 4. The maximum absolute atomic E-state index is 13.8. The molecule has 2 aliphatic rings. The fraction of sp³-hybridized carbons (Fsp3) is 0.333. The number of aryl methyl sites for hydroxylation is 3. The molecular weight excluding hydrogens is 644 g/mol. The highest BCUT2D eigenvalue weighted by Gasteiger charge is 2.27. The van der Waals surface area contributed by atoms with Crippen LogP contribution in [0.2, 0.25) is 5.02 Å². The highest BCUT2D eigenvalue weighted by molar-refractivity contribution is 6.31. The van der Waals surface area contributed by atoms with Crippen LogP contribution in [0.1, 0.15) is 40.7 Å². The van der Waals surface area contributed by atoms with Crippen molar-refractivity contribution in [3.8, 4) is 23.0 Å². The van der Waals surface area contributed by atoms with Crippen molar-refractivity contribution >= 4 is 23.4 Å². The van der Waals surface area contributed by atoms with Gasteiger partial charge in [0.05, 0.1) is 12.1 Å². The smallest absolute Gasteiger partial charge is 0.231 e. The van der Waals surface area contributed by atoms with Crippen molar-refractivity contribution < 1.29 is 33.6 Å². The van der Waals surface area contributed by atoms with E-state index in [0.29, 0.717) is 60.2 Å². The largest absolute Gasteiger partial charge is 0.454 e. The minimum absolute atomic E-state index is 0.0585. The SMILES string of the molecule is Cc1cc(CCC(=O)N(CCc2ccc3c(c2)OCO3)CC(O)C(Cc2ccccc2)NC(=O)CCc2ccc3c(c2)OCO3)ccc1Cl. The predicted molar refractivity (Wildman–Crippen MR) is 186 cm³/mol. The van der Waals surface area contributed by atoms with Crippen LogP contribution in [0.3, 0.4) is 0 Å². The summed E-state index contributed by atoms with van der Waals surface area (Å²) in [4.78, 5) is 28.8. The van der Waals surface area contributed by atoms with Gasteiger partial charge in [-0.1, -0.05) is 66.2 Å². The molecule has 6 rings (SSSR count). The molecule has 2 atom stereocenters. The summed E-state index contributed by atoms with van der Waals surface area (Å²) >= 11 is 6.22. The summed E-state index contributed by atoms with van der Waals surface area (Å²) in [5.41, 5.74) is 4.89. The number of hydrogen-bond donors (Lipinski definition) is 2. The van der Waals surface area contributed by atoms with E-state index in [0.717, 1.165) is 27.8 Å². The molecular formula is C39H41ClN2O7. The number of hydrogen-bond acceptors (Lipinski definition) is 7. The second-order valence-electron chi connectivity index (χ2n) is 12.5. The van der Waals surface area contributed by atoms with E-state index >= 15 is 0 Å². The van der Waals surface area contributed by atoms with Crippen molar-refractivity contribution in [1.82, 2.24) is 10.2 Å². The molecule has 0 saturated carbocycles. The first-order chi connectivity index (χ1) is 23.8. The maximum Gasteiger partial charge on any atom is 0.231 e. The molecule has 0 fully saturated rings. The van der Waals surface area contributed by atoms with Crippen LogP contribution in [0.25, 0.3) is 0 Å². The zero-order valence-electron chi connectivity index (χ0n) is 27.5. The van der Waals surface area contributed by atoms with E-state index in [4.69, 9.17) is 30.5 Å². The Morgan fingerprint density at radius 2 is 1.35 bits per heavy atom. The number of carbonyl (C=O) groups excluding carboxylic acids is 2. The summed E-state index contributed by atoms with van der Waals surface area (Å²) in [6.07, 6.45) is 1.48. The number of aliphatic hydroxyl groups excluding tert-OH is 1. The van der Waals surface area contributed by atoms with E-state index in [1.807, 2.05) is 91.9 Å². The van der Waals surface area contributed by atoms with Gasteiger partial charge in [0.15, 0.2) is 23.0 Å². The molecule has 10 heteroatoms. The fourth-order valence-corrected chi connectivity index (χ4v) is 6.21. The minimum atomic E-state index is -1.02. The highest BCUT2D eigenvalue weighted by Crippen LogP contribution is 2.33. The van der Waals surface area contributed by atoms with Gasteiger partial charge in [0.2, 0.25) is 25.4 Å². The summed E-state index contributed by atoms with van der Waals surface area (Å²) in [7, 11) is 0. The summed E-state index contributed by atoms with van der Waals surface area (Å²) in [5.74, 6) is 2.48. The normalized spacial score (nSPS) is 13.9. The Morgan fingerprint density at radius 3 is 2.02 bits per heavy atom. The third-order valence-electron chi connectivity index (χ3n) is 8.90. The molecule has 0 bridgehead atoms. The molecule has 0 radical (unpaired) electrons. The molecule has 4 aromatic rings. The molecule has 9 nitrogen and oxygen atoms in total. The van der Waals surface area contributed by atoms with Crippen molar-refractivity contribution in [3.05, 3.63) is 118 Å². The number of rotatable bonds is 15. The Kier molecular flexibility index (Phi) is 11.2. The van der Waals surface area contributed by atoms with Crippen LogP contribution in [0, 0.1) is 6.92 Å². The molecule has 2 N–H and O–H groups in total. The number of carbonyl (C=O) groups is 2. The molecule has 0 spiro atoms. The molecule has 2 unspecified atom stereocenters. The molecule has 2 heterocycles. The number of nitrogens with one attached hydrogen (secondary N) is 1. The topological polar surface area (TPSA) is 107 Å². The average molecular weight is 685 g/mol. The molecule has 0 saturated heterocycles. The molecule has 2 amide bonds. The van der Waals surface area contributed by atoms with Crippen molar-refractivity contribution in [2.45, 2.75) is 57.6 Å². The van der Waals surface area contributed by atoms with Gasteiger partial charge >= 0.3 is 0 Å². The van der Waals surface area contributed by atoms with Crippen LogP contribution in [0.4, 0.5) is 0 Å². The maximum atomic E-state index is 13.8. The zero-order valence-corrected chi connectivity index (χ0v) is 28.3. The first-order valence-corrected chi connectivity index (χ1v) is 17.0. The van der Waals surface area contributed by atoms with Gasteiger partial charge in [-0.2, -0.15) is 0 Å². The van der Waals surface area contributed by atoms with Crippen molar-refractivity contribution in [1.29, 1.82) is 0 Å². The molecule has 256 valence electrons. The molecule has 0 aromatic heterocycles. The van der Waals surface area contributed by atoms with Crippen molar-refractivity contribution in [2.75, 3.05) is 26.7 Å². The Morgan fingerprint density at radius 1 is 0.755 bits per heavy atom. The van der Waals surface area contributed by atoms with Gasteiger partial charge in [-0.3, -0.25) is 9.59 Å². The van der Waals surface area contributed by atoms with Crippen LogP contribution in [-0.2, 0) is 35.3 Å². The lowest BCUT2D eigenvalue weighted by Gasteiger charge is -2.31. The number of aliphatic hydroxyl groups is 1. The lowest BCUT2D eigenvalue weighted by atomic mass is 9.99. The van der Waals surface area contributed by atoms with E-state index < -0.39 is 12.1 Å². The minimum Gasteiger partial charge on any atom is -0.454 e. The molecule has 4 aromatic carbocycles. The lowest BCUT2D eigenvalue weighted by Crippen LogP contribution is -2.51. The van der Waals surface area contributed by atoms with E-state index in [1.165, 1.54) is 0 Å². The number of amides is 2. The van der Waals surface area contributed by atoms with Crippen molar-refractivity contribution in [2.24, 2.45) is 0 Å². The number of halogens is 1. The quantitative estimate of drug-likeness (QED) is 0.162. The van der Waals surface area contributed by atoms with E-state index in [9.17, 15) is 14.7 Å². The monoisotopic (exact) mass is 684 g/mol. The average Bonchev–Trinajstić information content (AvgIpc) is 3.79. The second-order valence-corrected chi connectivity index (χ2v) is 12.9. The molecule has 0 aliphatic carbocycles. The molecule has 49 heavy (non-hydrogen) atoms. The Bertz CT molecular complexity index is 1770. The summed E-state index contributed by atoms with van der Waals surface area (Å²) in [5, 5.41) is 15.5. The van der Waals surface area contributed by atoms with E-state index in [-0.39, 0.29) is 44.8 Å². The van der Waals surface area contributed by atoms with Gasteiger partial charge in [0.25, 0.3) is 0 Å². The zero-order chi connectivity index (χ0) is 34.2. The van der Waals surface area contributed by atoms with E-state index in [1.54, 1.807) is 4.90 Å². The van der Waals surface area contributed by atoms with Crippen LogP contribution < -0.4 is 24.3 Å². The Balaban J connectivity index is 1.14. The number of fused-ring (bicyclic) bond motifs is 2. The van der Waals surface area contributed by atoms with Crippen LogP contribution in [-0.4, -0.2) is 60.6 Å². The van der Waals surface area contributed by atoms with Crippen LogP contribution in [0.15, 0.2) is 84.9 Å². The summed E-state index contributed by atoms with van der Waals surface area (Å²) < 4.78 is 21.9. The van der Waals surface area contributed by atoms with Gasteiger partial charge in [-0.05, 0) is 90.8 Å². The van der Waals surface area contributed by atoms with Gasteiger partial charge in [0, 0.05) is 31.0 Å². The van der Waals surface area contributed by atoms with E-state index in [2.05, 4.69) is 5.32 Å². The van der Waals surface area contributed by atoms with Gasteiger partial charge in [-0.25, -0.2) is 0 Å². The number of ether oxygens (including phenoxy) is 4. The lowest BCUT2D eigenvalue weighted by molar-refractivity contribution is -0.133. The van der Waals surface area contributed by atoms with Crippen molar-refractivity contribution in [3.63, 3.8) is 0 Å². The Hall–Kier alpha value is -4.73. The third kappa shape index (κ3) is 9.25. The predicted octanol–water partition coefficient (Wildman–Crippen LogP) is 5.83. The molecule has 2 aliphatic heterocycles. The van der Waals surface area contributed by atoms with Gasteiger partial charge in [0.1, 0.15) is 0 Å². The second kappa shape index (κ2) is 16.1. The standard InChI is InChI=1S/C39H41ClN2O7/c1-26-19-28(7-12-31(26)40)11-16-39(45)42(18-17-30-9-14-35-37(22-30)49-25-47-35)23-33(43)32(20-27-5-3-2-4-6-27)41-38(44)15-10-29-8-13-34-36(21-29)48-24-46-34/h2-9,12-14,19,21-22,32-33,43H,10-11,15-18,20,23-25H2,1H3,(H,41,44). The summed E-state index contributed by atoms with van der Waals surface area (Å²) in [6, 6.07) is 26.3. The number of nitrogens with zero attached hydrogens (tertiary/aromatic N) is 1. The van der Waals surface area contributed by atoms with Crippen LogP contribution >= 0.6 is 11.6 Å². The van der Waals surface area contributed by atoms with Gasteiger partial charge in [-0.15, -0.1) is 0 Å². The fourth-order valence-electron chi connectivity index (χ4n) is 6.09.